The predicted octanol–water partition coefficient (Wildman–Crippen LogP) is 5.52. The minimum atomic E-state index is -0.474. The maximum atomic E-state index is 10.9. The first-order valence-electron chi connectivity index (χ1n) is 11.5. The SMILES string of the molecule is OC1CCN(C(c2ccccc2)(c2ccccc2)c2ccccc2)CC1=Cc1cccnc1. The molecule has 2 heterocycles. The Kier molecular flexibility index (Phi) is 6.16. The Morgan fingerprint density at radius 1 is 0.758 bits per heavy atom. The number of nitrogens with zero attached hydrogens (tertiary/aromatic N) is 2. The number of benzene rings is 3. The van der Waals surface area contributed by atoms with Gasteiger partial charge in [0.15, 0.2) is 0 Å². The summed E-state index contributed by atoms with van der Waals surface area (Å²) in [7, 11) is 0. The summed E-state index contributed by atoms with van der Waals surface area (Å²) in [6.45, 7) is 1.44. The maximum Gasteiger partial charge on any atom is 0.0975 e. The second-order valence-corrected chi connectivity index (χ2v) is 8.54. The van der Waals surface area contributed by atoms with Crippen LogP contribution in [0.3, 0.4) is 0 Å². The Bertz CT molecular complexity index is 1090. The third-order valence-electron chi connectivity index (χ3n) is 6.56. The summed E-state index contributed by atoms with van der Waals surface area (Å²) in [5, 5.41) is 10.9. The fourth-order valence-electron chi connectivity index (χ4n) is 5.06. The number of hydrogen-bond acceptors (Lipinski definition) is 3. The molecule has 5 rings (SSSR count). The standard InChI is InChI=1S/C30H28N2O/c33-29-18-20-32(23-25(29)21-24-11-10-19-31-22-24)30(26-12-4-1-5-13-26,27-14-6-2-7-15-27)28-16-8-3-9-17-28/h1-17,19,21-22,29,33H,18,20,23H2. The van der Waals surface area contributed by atoms with Gasteiger partial charge in [-0.15, -0.1) is 0 Å². The summed E-state index contributed by atoms with van der Waals surface area (Å²) in [6, 6.07) is 36.1. The van der Waals surface area contributed by atoms with Crippen LogP contribution in [0.5, 0.6) is 0 Å². The van der Waals surface area contributed by atoms with Crippen molar-refractivity contribution in [2.24, 2.45) is 0 Å². The van der Waals surface area contributed by atoms with Gasteiger partial charge < -0.3 is 5.11 Å². The van der Waals surface area contributed by atoms with Crippen molar-refractivity contribution >= 4 is 6.08 Å². The molecule has 164 valence electrons. The zero-order chi connectivity index (χ0) is 22.5. The molecule has 0 spiro atoms. The molecule has 1 aromatic heterocycles. The first kappa shape index (κ1) is 21.3. The van der Waals surface area contributed by atoms with Gasteiger partial charge in [0.1, 0.15) is 0 Å². The molecule has 33 heavy (non-hydrogen) atoms. The summed E-state index contributed by atoms with van der Waals surface area (Å²) in [4.78, 5) is 6.76. The van der Waals surface area contributed by atoms with E-state index in [1.165, 1.54) is 16.7 Å². The highest BCUT2D eigenvalue weighted by molar-refractivity contribution is 5.55. The summed E-state index contributed by atoms with van der Waals surface area (Å²) in [6.07, 6.45) is 5.94. The number of rotatable bonds is 5. The van der Waals surface area contributed by atoms with Gasteiger partial charge in [0.2, 0.25) is 0 Å². The van der Waals surface area contributed by atoms with Crippen LogP contribution >= 0.6 is 0 Å². The van der Waals surface area contributed by atoms with Crippen molar-refractivity contribution in [3.63, 3.8) is 0 Å². The van der Waals surface area contributed by atoms with Crippen molar-refractivity contribution in [3.05, 3.63) is 143 Å². The Labute approximate surface area is 195 Å². The first-order valence-corrected chi connectivity index (χ1v) is 11.5. The molecule has 4 aromatic rings. The van der Waals surface area contributed by atoms with E-state index in [9.17, 15) is 5.11 Å². The van der Waals surface area contributed by atoms with Crippen molar-refractivity contribution < 1.29 is 5.11 Å². The van der Waals surface area contributed by atoms with Crippen molar-refractivity contribution in [1.29, 1.82) is 0 Å². The van der Waals surface area contributed by atoms with Gasteiger partial charge in [0.05, 0.1) is 11.6 Å². The number of pyridine rings is 1. The van der Waals surface area contributed by atoms with Crippen LogP contribution in [0.2, 0.25) is 0 Å². The second kappa shape index (κ2) is 9.53. The van der Waals surface area contributed by atoms with E-state index >= 15 is 0 Å². The number of likely N-dealkylation sites (tertiary alicyclic amines) is 1. The van der Waals surface area contributed by atoms with Gasteiger partial charge in [0, 0.05) is 25.5 Å². The second-order valence-electron chi connectivity index (χ2n) is 8.54. The molecule has 3 nitrogen and oxygen atoms in total. The van der Waals surface area contributed by atoms with E-state index < -0.39 is 11.6 Å². The molecule has 1 fully saturated rings. The lowest BCUT2D eigenvalue weighted by Gasteiger charge is -2.48. The monoisotopic (exact) mass is 432 g/mol. The number of hydrogen-bond donors (Lipinski definition) is 1. The zero-order valence-corrected chi connectivity index (χ0v) is 18.6. The third kappa shape index (κ3) is 4.13. The van der Waals surface area contributed by atoms with E-state index in [2.05, 4.69) is 107 Å². The van der Waals surface area contributed by atoms with E-state index in [-0.39, 0.29) is 0 Å². The van der Waals surface area contributed by atoms with Gasteiger partial charge in [-0.3, -0.25) is 9.88 Å². The topological polar surface area (TPSA) is 36.4 Å². The van der Waals surface area contributed by atoms with E-state index in [1.807, 2.05) is 18.3 Å². The average Bonchev–Trinajstić information content (AvgIpc) is 2.89. The fraction of sp³-hybridized carbons (Fsp3) is 0.167. The molecule has 1 unspecified atom stereocenters. The third-order valence-corrected chi connectivity index (χ3v) is 6.56. The van der Waals surface area contributed by atoms with Gasteiger partial charge in [-0.1, -0.05) is 103 Å². The Morgan fingerprint density at radius 3 is 1.79 bits per heavy atom. The number of aromatic nitrogens is 1. The molecule has 1 N–H and O–H groups in total. The van der Waals surface area contributed by atoms with Gasteiger partial charge in [-0.2, -0.15) is 0 Å². The van der Waals surface area contributed by atoms with E-state index in [4.69, 9.17) is 0 Å². The predicted molar refractivity (Wildman–Crippen MR) is 134 cm³/mol. The zero-order valence-electron chi connectivity index (χ0n) is 18.6. The highest BCUT2D eigenvalue weighted by atomic mass is 16.3. The molecule has 1 atom stereocenters. The first-order chi connectivity index (χ1) is 16.3. The van der Waals surface area contributed by atoms with Crippen molar-refractivity contribution in [3.8, 4) is 0 Å². The molecule has 0 bridgehead atoms. The minimum absolute atomic E-state index is 0.457. The van der Waals surface area contributed by atoms with Gasteiger partial charge in [0.25, 0.3) is 0 Å². The molecule has 3 heteroatoms. The molecule has 0 amide bonds. The Morgan fingerprint density at radius 2 is 1.30 bits per heavy atom. The summed E-state index contributed by atoms with van der Waals surface area (Å²) < 4.78 is 0. The van der Waals surface area contributed by atoms with Gasteiger partial charge in [-0.05, 0) is 40.3 Å². The highest BCUT2D eigenvalue weighted by Crippen LogP contribution is 2.44. The molecular weight excluding hydrogens is 404 g/mol. The molecule has 1 aliphatic heterocycles. The van der Waals surface area contributed by atoms with E-state index in [0.717, 1.165) is 17.7 Å². The largest absolute Gasteiger partial charge is 0.389 e. The number of piperidine rings is 1. The van der Waals surface area contributed by atoms with Crippen LogP contribution in [-0.2, 0) is 5.54 Å². The van der Waals surface area contributed by atoms with Crippen molar-refractivity contribution in [2.45, 2.75) is 18.1 Å². The van der Waals surface area contributed by atoms with Gasteiger partial charge in [-0.25, -0.2) is 0 Å². The Hall–Kier alpha value is -3.53. The Balaban J connectivity index is 1.70. The van der Waals surface area contributed by atoms with Crippen LogP contribution in [0.1, 0.15) is 28.7 Å². The van der Waals surface area contributed by atoms with Crippen molar-refractivity contribution in [2.75, 3.05) is 13.1 Å². The molecule has 0 aliphatic carbocycles. The number of aliphatic hydroxyl groups is 1. The summed E-state index contributed by atoms with van der Waals surface area (Å²) >= 11 is 0. The molecule has 1 saturated heterocycles. The van der Waals surface area contributed by atoms with Crippen LogP contribution in [0.4, 0.5) is 0 Å². The lowest BCUT2D eigenvalue weighted by molar-refractivity contribution is 0.0872. The fourth-order valence-corrected chi connectivity index (χ4v) is 5.06. The van der Waals surface area contributed by atoms with E-state index in [0.29, 0.717) is 13.0 Å². The van der Waals surface area contributed by atoms with Crippen LogP contribution in [0, 0.1) is 0 Å². The van der Waals surface area contributed by atoms with E-state index in [1.54, 1.807) is 6.20 Å². The summed E-state index contributed by atoms with van der Waals surface area (Å²) in [5.74, 6) is 0. The minimum Gasteiger partial charge on any atom is -0.389 e. The van der Waals surface area contributed by atoms with Crippen LogP contribution < -0.4 is 0 Å². The maximum absolute atomic E-state index is 10.9. The van der Waals surface area contributed by atoms with Crippen LogP contribution in [0.25, 0.3) is 6.08 Å². The molecule has 0 saturated carbocycles. The quantitative estimate of drug-likeness (QED) is 0.422. The molecule has 0 radical (unpaired) electrons. The lowest BCUT2D eigenvalue weighted by Crippen LogP contribution is -2.52. The van der Waals surface area contributed by atoms with Crippen LogP contribution in [0.15, 0.2) is 121 Å². The highest BCUT2D eigenvalue weighted by Gasteiger charge is 2.44. The smallest absolute Gasteiger partial charge is 0.0975 e. The average molecular weight is 433 g/mol. The normalized spacial score (nSPS) is 18.3. The lowest BCUT2D eigenvalue weighted by atomic mass is 9.74. The molecule has 1 aliphatic rings. The van der Waals surface area contributed by atoms with Crippen LogP contribution in [-0.4, -0.2) is 34.2 Å². The van der Waals surface area contributed by atoms with Crippen molar-refractivity contribution in [1.82, 2.24) is 9.88 Å². The van der Waals surface area contributed by atoms with Gasteiger partial charge >= 0.3 is 0 Å². The number of aliphatic hydroxyl groups excluding tert-OH is 1. The molecule has 3 aromatic carbocycles. The summed E-state index contributed by atoms with van der Waals surface area (Å²) in [5.41, 5.74) is 5.22. The molecular formula is C30H28N2O.